The van der Waals surface area contributed by atoms with Crippen LogP contribution >= 0.6 is 0 Å². The normalized spacial score (nSPS) is 16.2. The van der Waals surface area contributed by atoms with Gasteiger partial charge in [0.25, 0.3) is 0 Å². The number of methoxy groups -OCH3 is 1. The highest BCUT2D eigenvalue weighted by molar-refractivity contribution is 5.47. The standard InChI is InChI=1S/C14H25N5O/c1-10(2)13-17-11(8-12(18-13)19-15)16-9-14(4-5-14)6-7-20-3/h8,10H,4-7,9,15H2,1-3H3,(H2,16,17,18,19). The van der Waals surface area contributed by atoms with Crippen LogP contribution in [-0.4, -0.2) is 30.2 Å². The molecule has 1 aliphatic carbocycles. The SMILES string of the molecule is COCCC1(CNc2cc(NN)nc(C(C)C)n2)CC1. The summed E-state index contributed by atoms with van der Waals surface area (Å²) in [7, 11) is 1.75. The van der Waals surface area contributed by atoms with Crippen LogP contribution in [0.15, 0.2) is 6.07 Å². The lowest BCUT2D eigenvalue weighted by molar-refractivity contribution is 0.175. The van der Waals surface area contributed by atoms with E-state index in [1.165, 1.54) is 12.8 Å². The molecule has 0 unspecified atom stereocenters. The molecule has 0 amide bonds. The van der Waals surface area contributed by atoms with Crippen molar-refractivity contribution in [3.05, 3.63) is 11.9 Å². The molecule has 1 aliphatic rings. The predicted molar refractivity (Wildman–Crippen MR) is 80.6 cm³/mol. The molecule has 6 heteroatoms. The fourth-order valence-electron chi connectivity index (χ4n) is 2.18. The molecule has 0 saturated heterocycles. The smallest absolute Gasteiger partial charge is 0.145 e. The molecule has 6 nitrogen and oxygen atoms in total. The minimum absolute atomic E-state index is 0.271. The van der Waals surface area contributed by atoms with Gasteiger partial charge in [-0.1, -0.05) is 13.8 Å². The van der Waals surface area contributed by atoms with E-state index in [0.717, 1.165) is 31.2 Å². The van der Waals surface area contributed by atoms with Crippen LogP contribution in [0.5, 0.6) is 0 Å². The van der Waals surface area contributed by atoms with Gasteiger partial charge in [-0.3, -0.25) is 0 Å². The van der Waals surface area contributed by atoms with E-state index in [-0.39, 0.29) is 5.92 Å². The van der Waals surface area contributed by atoms with Crippen molar-refractivity contribution in [2.45, 2.75) is 39.0 Å². The Morgan fingerprint density at radius 1 is 1.35 bits per heavy atom. The molecule has 0 aromatic carbocycles. The quantitative estimate of drug-likeness (QED) is 0.499. The molecule has 0 atom stereocenters. The average Bonchev–Trinajstić information content (AvgIpc) is 3.23. The number of hydrogen-bond acceptors (Lipinski definition) is 6. The molecular formula is C14H25N5O. The summed E-state index contributed by atoms with van der Waals surface area (Å²) in [6.45, 7) is 5.88. The molecule has 1 fully saturated rings. The summed E-state index contributed by atoms with van der Waals surface area (Å²) in [5.74, 6) is 8.01. The number of hydrazine groups is 1. The molecule has 2 rings (SSSR count). The minimum Gasteiger partial charge on any atom is -0.385 e. The monoisotopic (exact) mass is 279 g/mol. The van der Waals surface area contributed by atoms with E-state index in [1.54, 1.807) is 7.11 Å². The maximum absolute atomic E-state index is 5.46. The molecule has 0 radical (unpaired) electrons. The van der Waals surface area contributed by atoms with E-state index in [0.29, 0.717) is 11.2 Å². The number of nitrogens with one attached hydrogen (secondary N) is 2. The summed E-state index contributed by atoms with van der Waals surface area (Å²) < 4.78 is 5.18. The number of nitrogen functional groups attached to an aromatic ring is 1. The van der Waals surface area contributed by atoms with Crippen molar-refractivity contribution in [3.8, 4) is 0 Å². The second kappa shape index (κ2) is 6.37. The van der Waals surface area contributed by atoms with Crippen LogP contribution in [0.1, 0.15) is 44.9 Å². The molecule has 0 spiro atoms. The molecule has 1 saturated carbocycles. The van der Waals surface area contributed by atoms with Crippen molar-refractivity contribution in [1.29, 1.82) is 0 Å². The Labute approximate surface area is 120 Å². The predicted octanol–water partition coefficient (Wildman–Crippen LogP) is 2.11. The first kappa shape index (κ1) is 15.0. The Morgan fingerprint density at radius 2 is 2.05 bits per heavy atom. The van der Waals surface area contributed by atoms with Gasteiger partial charge in [-0.25, -0.2) is 15.8 Å². The average molecular weight is 279 g/mol. The summed E-state index contributed by atoms with van der Waals surface area (Å²) in [6, 6.07) is 1.85. The van der Waals surface area contributed by atoms with Gasteiger partial charge in [-0.2, -0.15) is 0 Å². The van der Waals surface area contributed by atoms with Gasteiger partial charge in [-0.15, -0.1) is 0 Å². The third-order valence-corrected chi connectivity index (χ3v) is 3.85. The zero-order valence-corrected chi connectivity index (χ0v) is 12.6. The lowest BCUT2D eigenvalue weighted by atomic mass is 10.0. The number of rotatable bonds is 8. The molecule has 112 valence electrons. The van der Waals surface area contributed by atoms with Gasteiger partial charge in [0.2, 0.25) is 0 Å². The zero-order chi connectivity index (χ0) is 14.6. The van der Waals surface area contributed by atoms with Crippen LogP contribution in [0.2, 0.25) is 0 Å². The molecule has 1 aromatic rings. The van der Waals surface area contributed by atoms with Crippen molar-refractivity contribution < 1.29 is 4.74 Å². The number of hydrogen-bond donors (Lipinski definition) is 3. The fourth-order valence-corrected chi connectivity index (χ4v) is 2.18. The van der Waals surface area contributed by atoms with Crippen LogP contribution in [0.25, 0.3) is 0 Å². The molecule has 0 bridgehead atoms. The largest absolute Gasteiger partial charge is 0.385 e. The summed E-state index contributed by atoms with van der Waals surface area (Å²) >= 11 is 0. The second-order valence-electron chi connectivity index (χ2n) is 5.89. The lowest BCUT2D eigenvalue weighted by Gasteiger charge is -2.17. The van der Waals surface area contributed by atoms with Crippen LogP contribution in [0.3, 0.4) is 0 Å². The van der Waals surface area contributed by atoms with Gasteiger partial charge in [0.05, 0.1) is 0 Å². The van der Waals surface area contributed by atoms with Gasteiger partial charge in [0, 0.05) is 32.2 Å². The van der Waals surface area contributed by atoms with Gasteiger partial charge in [0.1, 0.15) is 17.5 Å². The van der Waals surface area contributed by atoms with Gasteiger partial charge >= 0.3 is 0 Å². The number of aromatic nitrogens is 2. The van der Waals surface area contributed by atoms with E-state index in [9.17, 15) is 0 Å². The molecule has 1 heterocycles. The third-order valence-electron chi connectivity index (χ3n) is 3.85. The third kappa shape index (κ3) is 3.80. The first-order chi connectivity index (χ1) is 9.58. The van der Waals surface area contributed by atoms with Gasteiger partial charge < -0.3 is 15.5 Å². The number of ether oxygens (including phenoxy) is 1. The van der Waals surface area contributed by atoms with Crippen LogP contribution < -0.4 is 16.6 Å². The van der Waals surface area contributed by atoms with Crippen molar-refractivity contribution in [2.75, 3.05) is 31.0 Å². The van der Waals surface area contributed by atoms with Crippen molar-refractivity contribution in [3.63, 3.8) is 0 Å². The fraction of sp³-hybridized carbons (Fsp3) is 0.714. The van der Waals surface area contributed by atoms with Crippen molar-refractivity contribution in [2.24, 2.45) is 11.3 Å². The number of nitrogens with two attached hydrogens (primary N) is 1. The molecule has 1 aromatic heterocycles. The maximum atomic E-state index is 5.46. The highest BCUT2D eigenvalue weighted by atomic mass is 16.5. The molecular weight excluding hydrogens is 254 g/mol. The van der Waals surface area contributed by atoms with E-state index in [4.69, 9.17) is 10.6 Å². The highest BCUT2D eigenvalue weighted by Crippen LogP contribution is 2.48. The Hall–Kier alpha value is -1.40. The molecule has 20 heavy (non-hydrogen) atoms. The van der Waals surface area contributed by atoms with Crippen molar-refractivity contribution >= 4 is 11.6 Å². The second-order valence-corrected chi connectivity index (χ2v) is 5.89. The van der Waals surface area contributed by atoms with Crippen LogP contribution in [0.4, 0.5) is 11.6 Å². The Bertz CT molecular complexity index is 445. The Morgan fingerprint density at radius 3 is 2.60 bits per heavy atom. The maximum Gasteiger partial charge on any atom is 0.145 e. The summed E-state index contributed by atoms with van der Waals surface area (Å²) in [5.41, 5.74) is 2.98. The van der Waals surface area contributed by atoms with Gasteiger partial charge in [-0.05, 0) is 24.7 Å². The summed E-state index contributed by atoms with van der Waals surface area (Å²) in [4.78, 5) is 8.90. The van der Waals surface area contributed by atoms with Gasteiger partial charge in [0.15, 0.2) is 0 Å². The van der Waals surface area contributed by atoms with Crippen LogP contribution in [-0.2, 0) is 4.74 Å². The Kier molecular flexibility index (Phi) is 4.77. The van der Waals surface area contributed by atoms with Crippen LogP contribution in [0, 0.1) is 5.41 Å². The van der Waals surface area contributed by atoms with E-state index in [2.05, 4.69) is 34.6 Å². The Balaban J connectivity index is 2.00. The minimum atomic E-state index is 0.271. The number of nitrogens with zero attached hydrogens (tertiary/aromatic N) is 2. The highest BCUT2D eigenvalue weighted by Gasteiger charge is 2.41. The summed E-state index contributed by atoms with van der Waals surface area (Å²) in [6.07, 6.45) is 3.61. The first-order valence-corrected chi connectivity index (χ1v) is 7.17. The lowest BCUT2D eigenvalue weighted by Crippen LogP contribution is -2.19. The summed E-state index contributed by atoms with van der Waals surface area (Å²) in [5, 5.41) is 3.42. The molecule has 4 N–H and O–H groups in total. The van der Waals surface area contributed by atoms with E-state index >= 15 is 0 Å². The van der Waals surface area contributed by atoms with Crippen molar-refractivity contribution in [1.82, 2.24) is 9.97 Å². The van der Waals surface area contributed by atoms with E-state index in [1.807, 2.05) is 6.07 Å². The molecule has 0 aliphatic heterocycles. The van der Waals surface area contributed by atoms with E-state index < -0.39 is 0 Å². The topological polar surface area (TPSA) is 85.1 Å². The zero-order valence-electron chi connectivity index (χ0n) is 12.6. The first-order valence-electron chi connectivity index (χ1n) is 7.17. The number of anilines is 2.